The third kappa shape index (κ3) is 30.7. The smallest absolute Gasteiger partial charge is 0.753 e. The zero-order valence-corrected chi connectivity index (χ0v) is 23.8. The minimum absolute atomic E-state index is 0. The number of thiocarbonyl (C=S) groups is 2. The summed E-state index contributed by atoms with van der Waals surface area (Å²) in [6, 6.07) is 21.3. The molecule has 0 bridgehead atoms. The van der Waals surface area contributed by atoms with Gasteiger partial charge < -0.3 is 21.8 Å². The van der Waals surface area contributed by atoms with Crippen LogP contribution >= 0.6 is 24.4 Å². The maximum absolute atomic E-state index is 8.26. The van der Waals surface area contributed by atoms with Gasteiger partial charge in [0.2, 0.25) is 0 Å². The van der Waals surface area contributed by atoms with Crippen molar-refractivity contribution in [3.05, 3.63) is 131 Å². The van der Waals surface area contributed by atoms with Gasteiger partial charge in [-0.1, -0.05) is 24.4 Å². The molecular weight excluding hydrogens is 604 g/mol. The fourth-order valence-corrected chi connectivity index (χ4v) is 1.71. The number of aromatic nitrogens is 4. The van der Waals surface area contributed by atoms with E-state index in [0.29, 0.717) is 22.3 Å². The van der Waals surface area contributed by atoms with Crippen molar-refractivity contribution in [2.24, 2.45) is 0 Å². The van der Waals surface area contributed by atoms with Crippen LogP contribution in [-0.2, 0) is 28.0 Å². The fraction of sp³-hybridized carbons (Fsp3) is 0. The summed E-state index contributed by atoms with van der Waals surface area (Å²) in [4.78, 5) is 15.0. The molecule has 0 aliphatic heterocycles. The monoisotopic (exact) mass is 626 g/mol. The van der Waals surface area contributed by atoms with E-state index in [9.17, 15) is 0 Å². The molecule has 0 aromatic carbocycles. The molecule has 0 aliphatic carbocycles. The Labute approximate surface area is 258 Å². The first-order valence-corrected chi connectivity index (χ1v) is 10.6. The maximum Gasteiger partial charge on any atom is 2.00 e. The molecule has 0 amide bonds. The average molecular weight is 627 g/mol. The van der Waals surface area contributed by atoms with Crippen LogP contribution in [0.2, 0.25) is 0 Å². The standard InChI is InChI=1S/4C6H4N2.2CNS.Fe.2H2O/c4*7-5-6-1-3-8-4-2-6;2*2-1-3;;;/h4*1-4H;;;;2*1H2/q;;;;2*-1;+2;;/p+2. The Morgan fingerprint density at radius 1 is 0.439 bits per heavy atom. The van der Waals surface area contributed by atoms with Crippen molar-refractivity contribution in [2.45, 2.75) is 0 Å². The van der Waals surface area contributed by atoms with E-state index in [1.54, 1.807) is 98.1 Å². The second-order valence-electron chi connectivity index (χ2n) is 5.57. The molecule has 4 aromatic rings. The van der Waals surface area contributed by atoms with Crippen LogP contribution in [0.5, 0.6) is 0 Å². The van der Waals surface area contributed by atoms with Crippen LogP contribution in [0, 0.1) is 45.3 Å². The summed E-state index contributed by atoms with van der Waals surface area (Å²) in [5, 5.41) is 50.0. The summed E-state index contributed by atoms with van der Waals surface area (Å²) in [7, 11) is 0. The van der Waals surface area contributed by atoms with Crippen LogP contribution in [0.15, 0.2) is 98.1 Å². The average Bonchev–Trinajstić information content (AvgIpc) is 3.00. The first-order valence-electron chi connectivity index (χ1n) is 9.79. The first kappa shape index (κ1) is 45.5. The van der Waals surface area contributed by atoms with Crippen molar-refractivity contribution in [1.29, 1.82) is 21.0 Å². The molecule has 0 saturated carbocycles. The van der Waals surface area contributed by atoms with Crippen LogP contribution in [0.25, 0.3) is 10.8 Å². The zero-order valence-electron chi connectivity index (χ0n) is 21.0. The second-order valence-corrected chi connectivity index (χ2v) is 5.94. The summed E-state index contributed by atoms with van der Waals surface area (Å²) in [6.07, 6.45) is 12.8. The van der Waals surface area contributed by atoms with Crippen molar-refractivity contribution in [2.75, 3.05) is 0 Å². The molecule has 6 N–H and O–H groups in total. The minimum atomic E-state index is 0. The quantitative estimate of drug-likeness (QED) is 0.119. The molecule has 206 valence electrons. The molecule has 4 heterocycles. The Morgan fingerprint density at radius 2 is 0.561 bits per heavy atom. The van der Waals surface area contributed by atoms with Crippen molar-refractivity contribution >= 4 is 34.8 Å². The first-order chi connectivity index (χ1) is 18.6. The summed E-state index contributed by atoms with van der Waals surface area (Å²) < 4.78 is 0. The number of hydrogen-bond acceptors (Lipinski definition) is 10. The van der Waals surface area contributed by atoms with Gasteiger partial charge in [0, 0.05) is 49.6 Å². The van der Waals surface area contributed by atoms with E-state index in [2.05, 4.69) is 44.4 Å². The second kappa shape index (κ2) is 36.8. The van der Waals surface area contributed by atoms with Crippen LogP contribution < -0.4 is 0 Å². The van der Waals surface area contributed by atoms with Crippen LogP contribution in [0.1, 0.15) is 22.3 Å². The summed E-state index contributed by atoms with van der Waals surface area (Å²) in [5.41, 5.74) is 2.61. The molecule has 0 atom stereocenters. The molecule has 12 nitrogen and oxygen atoms in total. The van der Waals surface area contributed by atoms with Crippen LogP contribution in [-0.4, -0.2) is 30.3 Å². The predicted octanol–water partition coefficient (Wildman–Crippen LogP) is 3.28. The van der Waals surface area contributed by atoms with E-state index in [1.165, 1.54) is 10.3 Å². The van der Waals surface area contributed by atoms with Crippen LogP contribution in [0.4, 0.5) is 0 Å². The maximum atomic E-state index is 8.26. The Morgan fingerprint density at radius 3 is 0.634 bits per heavy atom. The summed E-state index contributed by atoms with van der Waals surface area (Å²) in [5.74, 6) is 0. The molecule has 4 aromatic heterocycles. The van der Waals surface area contributed by atoms with Gasteiger partial charge in [0.1, 0.15) is 0 Å². The molecule has 0 saturated heterocycles. The molecule has 0 fully saturated rings. The number of isothiocyanates is 2. The van der Waals surface area contributed by atoms with Crippen molar-refractivity contribution < 1.29 is 28.0 Å². The number of pyridine rings is 4. The molecule has 15 heteroatoms. The largest absolute Gasteiger partial charge is 2.00 e. The third-order valence-electron chi connectivity index (χ3n) is 3.24. The van der Waals surface area contributed by atoms with Gasteiger partial charge in [0.15, 0.2) is 0 Å². The number of nitrogens with zero attached hydrogens (tertiary/aromatic N) is 10. The van der Waals surface area contributed by atoms with Gasteiger partial charge in [-0.2, -0.15) is 31.4 Å². The number of rotatable bonds is 0. The van der Waals surface area contributed by atoms with E-state index in [-0.39, 0.29) is 28.0 Å². The molecule has 4 rings (SSSR count). The van der Waals surface area contributed by atoms with Gasteiger partial charge in [-0.05, 0) is 48.5 Å². The van der Waals surface area contributed by atoms with Gasteiger partial charge in [-0.3, -0.25) is 19.9 Å². The van der Waals surface area contributed by atoms with Crippen molar-refractivity contribution in [1.82, 2.24) is 19.9 Å². The molecule has 0 radical (unpaired) electrons. The van der Waals surface area contributed by atoms with Gasteiger partial charge in [0.05, 0.1) is 46.5 Å². The van der Waals surface area contributed by atoms with E-state index >= 15 is 0 Å². The Balaban J connectivity index is -0.000000129. The fourth-order valence-electron chi connectivity index (χ4n) is 1.71. The van der Waals surface area contributed by atoms with Crippen LogP contribution in [0.3, 0.4) is 0 Å². The normalized spacial score (nSPS) is 6.54. The molecular formula is C26H22FeN10O2S2+2. The van der Waals surface area contributed by atoms with Gasteiger partial charge in [0.25, 0.3) is 0 Å². The van der Waals surface area contributed by atoms with E-state index in [0.717, 1.165) is 0 Å². The molecule has 0 unspecified atom stereocenters. The van der Waals surface area contributed by atoms with E-state index in [1.807, 2.05) is 24.3 Å². The van der Waals surface area contributed by atoms with E-state index < -0.39 is 0 Å². The van der Waals surface area contributed by atoms with Gasteiger partial charge in [-0.25, -0.2) is 0 Å². The van der Waals surface area contributed by atoms with Gasteiger partial charge >= 0.3 is 17.1 Å². The van der Waals surface area contributed by atoms with E-state index in [4.69, 9.17) is 31.9 Å². The summed E-state index contributed by atoms with van der Waals surface area (Å²) in [6.45, 7) is 0. The van der Waals surface area contributed by atoms with Gasteiger partial charge in [-0.15, -0.1) is 0 Å². The Hall–Kier alpha value is -5.40. The summed E-state index contributed by atoms with van der Waals surface area (Å²) >= 11 is 7.40. The molecule has 0 aliphatic rings. The Kier molecular flexibility index (Phi) is 40.8. The molecule has 0 spiro atoms. The zero-order chi connectivity index (χ0) is 28.7. The van der Waals surface area contributed by atoms with Crippen molar-refractivity contribution in [3.63, 3.8) is 0 Å². The minimum Gasteiger partial charge on any atom is -0.753 e. The van der Waals surface area contributed by atoms with Crippen molar-refractivity contribution in [3.8, 4) is 24.3 Å². The topological polar surface area (TPSA) is 257 Å². The Bertz CT molecular complexity index is 1190. The number of nitriles is 4. The number of hydrogen-bond donors (Lipinski definition) is 0. The predicted molar refractivity (Wildman–Crippen MR) is 157 cm³/mol. The third-order valence-corrected chi connectivity index (χ3v) is 3.24. The SMILES string of the molecule is N#Cc1ccncc1.N#Cc1ccncc1.N#Cc1ccncc1.N#Cc1ccncc1.[Fe+2].[N-]=C=S.[N-]=C=S.[OH3+].[OH3+]. The molecule has 41 heavy (non-hydrogen) atoms.